The molecule has 1 saturated heterocycles. The Labute approximate surface area is 199 Å². The molecular weight excluding hydrogens is 424 g/mol. The van der Waals surface area contributed by atoms with Crippen LogP contribution in [0.15, 0.2) is 66.9 Å². The summed E-state index contributed by atoms with van der Waals surface area (Å²) in [5.74, 6) is 1.55. The van der Waals surface area contributed by atoms with Crippen molar-refractivity contribution in [1.29, 1.82) is 0 Å². The molecule has 172 valence electrons. The van der Waals surface area contributed by atoms with Crippen molar-refractivity contribution < 1.29 is 4.79 Å². The first kappa shape index (κ1) is 21.8. The van der Waals surface area contributed by atoms with E-state index >= 15 is 0 Å². The van der Waals surface area contributed by atoms with Crippen LogP contribution in [-0.2, 0) is 11.2 Å². The number of carbonyl (C=O) groups is 1. The number of anilines is 4. The first-order valence-corrected chi connectivity index (χ1v) is 11.7. The molecule has 0 spiro atoms. The summed E-state index contributed by atoms with van der Waals surface area (Å²) in [5.41, 5.74) is 4.70. The predicted octanol–water partition coefficient (Wildman–Crippen LogP) is 5.25. The highest BCUT2D eigenvalue weighted by atomic mass is 16.1. The van der Waals surface area contributed by atoms with E-state index in [1.54, 1.807) is 6.20 Å². The topological polar surface area (TPSA) is 83.0 Å². The second-order valence-corrected chi connectivity index (χ2v) is 8.63. The standard InChI is InChI=1S/C27H28N6O/c1-19-18-25(32-27(29-19)33-16-4-5-17-33)30-21-9-11-22(12-10-21)31-26(34)13-8-20-14-15-28-24-7-3-2-6-23(20)24/h2-3,6-7,9-12,14-15,18H,4-5,8,13,16-17H2,1H3,(H,31,34)(H,29,30,32). The number of fused-ring (bicyclic) bond motifs is 1. The minimum Gasteiger partial charge on any atom is -0.341 e. The third kappa shape index (κ3) is 5.14. The fourth-order valence-corrected chi connectivity index (χ4v) is 4.31. The van der Waals surface area contributed by atoms with E-state index in [-0.39, 0.29) is 5.91 Å². The average Bonchev–Trinajstić information content (AvgIpc) is 3.39. The summed E-state index contributed by atoms with van der Waals surface area (Å²) in [6.45, 7) is 4.00. The van der Waals surface area contributed by atoms with Crippen LogP contribution in [0.5, 0.6) is 0 Å². The van der Waals surface area contributed by atoms with Gasteiger partial charge in [0.05, 0.1) is 5.52 Å². The highest BCUT2D eigenvalue weighted by Crippen LogP contribution is 2.23. The molecule has 0 unspecified atom stereocenters. The van der Waals surface area contributed by atoms with Crippen molar-refractivity contribution in [3.8, 4) is 0 Å². The maximum atomic E-state index is 12.5. The molecule has 2 aromatic carbocycles. The lowest BCUT2D eigenvalue weighted by Crippen LogP contribution is -2.21. The second kappa shape index (κ2) is 9.87. The van der Waals surface area contributed by atoms with E-state index in [2.05, 4.69) is 36.6 Å². The van der Waals surface area contributed by atoms with Crippen molar-refractivity contribution in [2.45, 2.75) is 32.6 Å². The quantitative estimate of drug-likeness (QED) is 0.399. The van der Waals surface area contributed by atoms with Gasteiger partial charge in [-0.15, -0.1) is 0 Å². The zero-order valence-electron chi connectivity index (χ0n) is 19.3. The van der Waals surface area contributed by atoms with E-state index in [4.69, 9.17) is 0 Å². The number of para-hydroxylation sites is 1. The molecule has 0 radical (unpaired) electrons. The van der Waals surface area contributed by atoms with E-state index in [1.165, 1.54) is 12.8 Å². The maximum Gasteiger partial charge on any atom is 0.227 e. The zero-order chi connectivity index (χ0) is 23.3. The lowest BCUT2D eigenvalue weighted by molar-refractivity contribution is -0.116. The number of pyridine rings is 1. The Hall–Kier alpha value is -4.00. The molecule has 1 aliphatic heterocycles. The number of aryl methyl sites for hydroxylation is 2. The molecule has 2 N–H and O–H groups in total. The van der Waals surface area contributed by atoms with Gasteiger partial charge in [0.2, 0.25) is 11.9 Å². The molecule has 4 aromatic rings. The van der Waals surface area contributed by atoms with Gasteiger partial charge < -0.3 is 15.5 Å². The highest BCUT2D eigenvalue weighted by Gasteiger charge is 2.16. The third-order valence-electron chi connectivity index (χ3n) is 6.03. The van der Waals surface area contributed by atoms with Gasteiger partial charge in [-0.1, -0.05) is 18.2 Å². The Balaban J connectivity index is 1.19. The normalized spacial score (nSPS) is 13.3. The summed E-state index contributed by atoms with van der Waals surface area (Å²) >= 11 is 0. The van der Waals surface area contributed by atoms with E-state index in [1.807, 2.05) is 61.5 Å². The zero-order valence-corrected chi connectivity index (χ0v) is 19.3. The van der Waals surface area contributed by atoms with Gasteiger partial charge in [0.1, 0.15) is 5.82 Å². The third-order valence-corrected chi connectivity index (χ3v) is 6.03. The first-order chi connectivity index (χ1) is 16.6. The molecule has 1 amide bonds. The summed E-state index contributed by atoms with van der Waals surface area (Å²) in [4.78, 5) is 28.4. The number of benzene rings is 2. The molecular formula is C27H28N6O. The molecule has 0 aliphatic carbocycles. The smallest absolute Gasteiger partial charge is 0.227 e. The Morgan fingerprint density at radius 2 is 1.74 bits per heavy atom. The summed E-state index contributed by atoms with van der Waals surface area (Å²) in [6.07, 6.45) is 5.25. The van der Waals surface area contributed by atoms with Crippen LogP contribution in [0.3, 0.4) is 0 Å². The fourth-order valence-electron chi connectivity index (χ4n) is 4.31. The van der Waals surface area contributed by atoms with Crippen molar-refractivity contribution in [3.05, 3.63) is 78.1 Å². The molecule has 3 heterocycles. The number of rotatable bonds is 7. The van der Waals surface area contributed by atoms with Gasteiger partial charge in [-0.05, 0) is 68.1 Å². The van der Waals surface area contributed by atoms with Crippen molar-refractivity contribution in [2.75, 3.05) is 28.6 Å². The molecule has 1 aliphatic rings. The van der Waals surface area contributed by atoms with Crippen LogP contribution in [0.25, 0.3) is 10.9 Å². The molecule has 2 aromatic heterocycles. The van der Waals surface area contributed by atoms with E-state index in [0.29, 0.717) is 12.8 Å². The number of nitrogens with zero attached hydrogens (tertiary/aromatic N) is 4. The SMILES string of the molecule is Cc1cc(Nc2ccc(NC(=O)CCc3ccnc4ccccc34)cc2)nc(N2CCCC2)n1. The van der Waals surface area contributed by atoms with Crippen LogP contribution < -0.4 is 15.5 Å². The van der Waals surface area contributed by atoms with Crippen LogP contribution in [0.2, 0.25) is 0 Å². The van der Waals surface area contributed by atoms with E-state index < -0.39 is 0 Å². The average molecular weight is 453 g/mol. The maximum absolute atomic E-state index is 12.5. The summed E-state index contributed by atoms with van der Waals surface area (Å²) < 4.78 is 0. The number of hydrogen-bond acceptors (Lipinski definition) is 6. The van der Waals surface area contributed by atoms with E-state index in [0.717, 1.165) is 58.4 Å². The summed E-state index contributed by atoms with van der Waals surface area (Å²) in [5, 5.41) is 7.45. The minimum atomic E-state index is -0.0108. The number of hydrogen-bond donors (Lipinski definition) is 2. The monoisotopic (exact) mass is 452 g/mol. The van der Waals surface area contributed by atoms with Crippen molar-refractivity contribution in [2.24, 2.45) is 0 Å². The molecule has 7 heteroatoms. The van der Waals surface area contributed by atoms with Crippen LogP contribution in [0.1, 0.15) is 30.5 Å². The number of nitrogens with one attached hydrogen (secondary N) is 2. The minimum absolute atomic E-state index is 0.0108. The van der Waals surface area contributed by atoms with Gasteiger partial charge in [-0.3, -0.25) is 9.78 Å². The van der Waals surface area contributed by atoms with Crippen LogP contribution in [-0.4, -0.2) is 33.9 Å². The first-order valence-electron chi connectivity index (χ1n) is 11.7. The van der Waals surface area contributed by atoms with E-state index in [9.17, 15) is 4.79 Å². The van der Waals surface area contributed by atoms with Crippen molar-refractivity contribution in [3.63, 3.8) is 0 Å². The van der Waals surface area contributed by atoms with Gasteiger partial charge in [0.15, 0.2) is 0 Å². The summed E-state index contributed by atoms with van der Waals surface area (Å²) in [6, 6.07) is 19.6. The molecule has 1 fully saturated rings. The molecule has 0 bridgehead atoms. The van der Waals surface area contributed by atoms with Crippen molar-refractivity contribution in [1.82, 2.24) is 15.0 Å². The molecule has 0 saturated carbocycles. The van der Waals surface area contributed by atoms with Gasteiger partial charge in [-0.25, -0.2) is 4.98 Å². The van der Waals surface area contributed by atoms with Gasteiger partial charge in [0.25, 0.3) is 0 Å². The lowest BCUT2D eigenvalue weighted by Gasteiger charge is -2.17. The molecule has 5 rings (SSSR count). The van der Waals surface area contributed by atoms with Gasteiger partial charge >= 0.3 is 0 Å². The fraction of sp³-hybridized carbons (Fsp3) is 0.259. The Morgan fingerprint density at radius 1 is 0.971 bits per heavy atom. The van der Waals surface area contributed by atoms with Gasteiger partial charge in [0, 0.05) is 54.2 Å². The highest BCUT2D eigenvalue weighted by molar-refractivity contribution is 5.91. The largest absolute Gasteiger partial charge is 0.341 e. The second-order valence-electron chi connectivity index (χ2n) is 8.63. The van der Waals surface area contributed by atoms with Crippen LogP contribution in [0.4, 0.5) is 23.1 Å². The van der Waals surface area contributed by atoms with Crippen LogP contribution in [0, 0.1) is 6.92 Å². The molecule has 0 atom stereocenters. The predicted molar refractivity (Wildman–Crippen MR) is 137 cm³/mol. The molecule has 34 heavy (non-hydrogen) atoms. The Morgan fingerprint density at radius 3 is 2.56 bits per heavy atom. The Kier molecular flexibility index (Phi) is 6.33. The molecule has 7 nitrogen and oxygen atoms in total. The number of aromatic nitrogens is 3. The lowest BCUT2D eigenvalue weighted by atomic mass is 10.0. The number of amides is 1. The number of carbonyl (C=O) groups excluding carboxylic acids is 1. The van der Waals surface area contributed by atoms with Gasteiger partial charge in [-0.2, -0.15) is 4.98 Å². The van der Waals surface area contributed by atoms with Crippen molar-refractivity contribution >= 4 is 40.0 Å². The Bertz CT molecular complexity index is 1290. The summed E-state index contributed by atoms with van der Waals surface area (Å²) in [7, 11) is 0. The van der Waals surface area contributed by atoms with Crippen LogP contribution >= 0.6 is 0 Å².